The minimum atomic E-state index is -0.307. The molecule has 1 aromatic carbocycles. The molecule has 0 saturated heterocycles. The maximum absolute atomic E-state index is 10.7. The smallest absolute Gasteiger partial charge is 0.221 e. The first-order chi connectivity index (χ1) is 7.22. The van der Waals surface area contributed by atoms with Crippen LogP contribution in [-0.4, -0.2) is 19.0 Å². The molecule has 0 fully saturated rings. The molecule has 1 amide bonds. The van der Waals surface area contributed by atoms with E-state index in [0.717, 1.165) is 24.2 Å². The van der Waals surface area contributed by atoms with Gasteiger partial charge in [-0.05, 0) is 30.7 Å². The van der Waals surface area contributed by atoms with Crippen LogP contribution in [0.3, 0.4) is 0 Å². The molecule has 82 valence electrons. The zero-order valence-corrected chi connectivity index (χ0v) is 8.70. The van der Waals surface area contributed by atoms with E-state index >= 15 is 0 Å². The number of nitrogens with two attached hydrogens (primary N) is 2. The van der Waals surface area contributed by atoms with Crippen molar-refractivity contribution in [2.24, 2.45) is 11.5 Å². The summed E-state index contributed by atoms with van der Waals surface area (Å²) in [5, 5.41) is 3.23. The first kappa shape index (κ1) is 11.5. The van der Waals surface area contributed by atoms with Crippen LogP contribution in [0.15, 0.2) is 24.3 Å². The highest BCUT2D eigenvalue weighted by Gasteiger charge is 1.97. The maximum atomic E-state index is 10.7. The molecule has 0 heterocycles. The Bertz CT molecular complexity index is 308. The summed E-state index contributed by atoms with van der Waals surface area (Å²) in [6.45, 7) is 1.55. The molecule has 4 heteroatoms. The Morgan fingerprint density at radius 1 is 1.27 bits per heavy atom. The van der Waals surface area contributed by atoms with E-state index in [0.29, 0.717) is 13.0 Å². The van der Waals surface area contributed by atoms with E-state index in [4.69, 9.17) is 11.5 Å². The van der Waals surface area contributed by atoms with E-state index in [-0.39, 0.29) is 5.91 Å². The molecule has 0 saturated carbocycles. The first-order valence-corrected chi connectivity index (χ1v) is 5.03. The standard InChI is InChI=1S/C11H17N3O/c12-6-1-7-14-10-4-2-9(3-5-10)8-11(13)15/h2-5,14H,1,6-8,12H2,(H2,13,15). The Kier molecular flexibility index (Phi) is 4.63. The van der Waals surface area contributed by atoms with Crippen molar-refractivity contribution >= 4 is 11.6 Å². The van der Waals surface area contributed by atoms with E-state index < -0.39 is 0 Å². The number of hydrogen-bond donors (Lipinski definition) is 3. The lowest BCUT2D eigenvalue weighted by molar-refractivity contribution is -0.117. The quantitative estimate of drug-likeness (QED) is 0.593. The molecular formula is C11H17N3O. The highest BCUT2D eigenvalue weighted by Crippen LogP contribution is 2.09. The molecule has 0 aliphatic rings. The molecule has 0 atom stereocenters. The Balaban J connectivity index is 2.45. The second kappa shape index (κ2) is 6.03. The number of anilines is 1. The van der Waals surface area contributed by atoms with E-state index in [1.165, 1.54) is 0 Å². The number of benzene rings is 1. The van der Waals surface area contributed by atoms with Crippen molar-refractivity contribution in [1.82, 2.24) is 0 Å². The van der Waals surface area contributed by atoms with Gasteiger partial charge in [0.05, 0.1) is 6.42 Å². The SMILES string of the molecule is NCCCNc1ccc(CC(N)=O)cc1. The van der Waals surface area contributed by atoms with Gasteiger partial charge >= 0.3 is 0 Å². The van der Waals surface area contributed by atoms with Crippen LogP contribution in [0.25, 0.3) is 0 Å². The summed E-state index contributed by atoms with van der Waals surface area (Å²) in [5.41, 5.74) is 12.4. The average molecular weight is 207 g/mol. The fourth-order valence-electron chi connectivity index (χ4n) is 1.28. The van der Waals surface area contributed by atoms with Gasteiger partial charge in [-0.2, -0.15) is 0 Å². The number of hydrogen-bond acceptors (Lipinski definition) is 3. The predicted molar refractivity (Wildman–Crippen MR) is 61.5 cm³/mol. The van der Waals surface area contributed by atoms with E-state index in [2.05, 4.69) is 5.32 Å². The van der Waals surface area contributed by atoms with E-state index in [9.17, 15) is 4.79 Å². The number of carbonyl (C=O) groups excluding carboxylic acids is 1. The summed E-state index contributed by atoms with van der Waals surface area (Å²) in [5.74, 6) is -0.307. The zero-order valence-electron chi connectivity index (χ0n) is 8.70. The molecule has 4 nitrogen and oxygen atoms in total. The largest absolute Gasteiger partial charge is 0.385 e. The Morgan fingerprint density at radius 2 is 1.93 bits per heavy atom. The second-order valence-corrected chi connectivity index (χ2v) is 3.41. The van der Waals surface area contributed by atoms with Gasteiger partial charge in [-0.1, -0.05) is 12.1 Å². The van der Waals surface area contributed by atoms with Gasteiger partial charge in [-0.3, -0.25) is 4.79 Å². The molecule has 0 aliphatic heterocycles. The van der Waals surface area contributed by atoms with E-state index in [1.54, 1.807) is 0 Å². The molecule has 0 aliphatic carbocycles. The highest BCUT2D eigenvalue weighted by molar-refractivity contribution is 5.76. The van der Waals surface area contributed by atoms with Gasteiger partial charge in [-0.15, -0.1) is 0 Å². The molecule has 0 radical (unpaired) electrons. The van der Waals surface area contributed by atoms with Gasteiger partial charge in [0.15, 0.2) is 0 Å². The van der Waals surface area contributed by atoms with Crippen LogP contribution in [0.4, 0.5) is 5.69 Å². The molecule has 0 aromatic heterocycles. The minimum absolute atomic E-state index is 0.295. The molecule has 15 heavy (non-hydrogen) atoms. The summed E-state index contributed by atoms with van der Waals surface area (Å²) < 4.78 is 0. The van der Waals surface area contributed by atoms with Crippen LogP contribution in [0.2, 0.25) is 0 Å². The number of carbonyl (C=O) groups is 1. The fourth-order valence-corrected chi connectivity index (χ4v) is 1.28. The number of nitrogens with one attached hydrogen (secondary N) is 1. The van der Waals surface area contributed by atoms with Gasteiger partial charge in [0, 0.05) is 12.2 Å². The van der Waals surface area contributed by atoms with Crippen LogP contribution in [0, 0.1) is 0 Å². The third-order valence-electron chi connectivity index (χ3n) is 2.04. The van der Waals surface area contributed by atoms with Crippen molar-refractivity contribution in [3.8, 4) is 0 Å². The number of amides is 1. The summed E-state index contributed by atoms with van der Waals surface area (Å²) >= 11 is 0. The highest BCUT2D eigenvalue weighted by atomic mass is 16.1. The van der Waals surface area contributed by atoms with Gasteiger partial charge in [0.25, 0.3) is 0 Å². The topological polar surface area (TPSA) is 81.1 Å². The lowest BCUT2D eigenvalue weighted by Gasteiger charge is -2.05. The van der Waals surface area contributed by atoms with Crippen molar-refractivity contribution in [3.05, 3.63) is 29.8 Å². The third kappa shape index (κ3) is 4.46. The Hall–Kier alpha value is -1.55. The summed E-state index contributed by atoms with van der Waals surface area (Å²) in [7, 11) is 0. The van der Waals surface area contributed by atoms with Crippen LogP contribution in [0.1, 0.15) is 12.0 Å². The van der Waals surface area contributed by atoms with Gasteiger partial charge in [-0.25, -0.2) is 0 Å². The Labute approximate surface area is 89.6 Å². The molecule has 0 bridgehead atoms. The lowest BCUT2D eigenvalue weighted by atomic mass is 10.1. The van der Waals surface area contributed by atoms with Crippen molar-refractivity contribution in [2.75, 3.05) is 18.4 Å². The summed E-state index contributed by atoms with van der Waals surface area (Å²) in [4.78, 5) is 10.7. The average Bonchev–Trinajstić information content (AvgIpc) is 2.20. The Morgan fingerprint density at radius 3 is 2.47 bits per heavy atom. The van der Waals surface area contributed by atoms with Gasteiger partial charge in [0.2, 0.25) is 5.91 Å². The second-order valence-electron chi connectivity index (χ2n) is 3.41. The molecule has 1 aromatic rings. The van der Waals surface area contributed by atoms with Crippen molar-refractivity contribution < 1.29 is 4.79 Å². The molecule has 0 spiro atoms. The number of rotatable bonds is 6. The van der Waals surface area contributed by atoms with Crippen molar-refractivity contribution in [3.63, 3.8) is 0 Å². The first-order valence-electron chi connectivity index (χ1n) is 5.03. The normalized spacial score (nSPS) is 9.93. The summed E-state index contributed by atoms with van der Waals surface area (Å²) in [6, 6.07) is 7.68. The predicted octanol–water partition coefficient (Wildman–Crippen LogP) is 0.475. The lowest BCUT2D eigenvalue weighted by Crippen LogP contribution is -2.13. The van der Waals surface area contributed by atoms with Gasteiger partial charge < -0.3 is 16.8 Å². The molecule has 1 rings (SSSR count). The van der Waals surface area contributed by atoms with Gasteiger partial charge in [0.1, 0.15) is 0 Å². The summed E-state index contributed by atoms with van der Waals surface area (Å²) in [6.07, 6.45) is 1.24. The molecular weight excluding hydrogens is 190 g/mol. The van der Waals surface area contributed by atoms with Crippen molar-refractivity contribution in [2.45, 2.75) is 12.8 Å². The number of primary amides is 1. The van der Waals surface area contributed by atoms with Crippen LogP contribution < -0.4 is 16.8 Å². The molecule has 5 N–H and O–H groups in total. The molecule has 0 unspecified atom stereocenters. The zero-order chi connectivity index (χ0) is 11.1. The fraction of sp³-hybridized carbons (Fsp3) is 0.364. The minimum Gasteiger partial charge on any atom is -0.385 e. The van der Waals surface area contributed by atoms with E-state index in [1.807, 2.05) is 24.3 Å². The monoisotopic (exact) mass is 207 g/mol. The van der Waals surface area contributed by atoms with Crippen LogP contribution in [-0.2, 0) is 11.2 Å². The maximum Gasteiger partial charge on any atom is 0.221 e. The van der Waals surface area contributed by atoms with Crippen LogP contribution >= 0.6 is 0 Å². The van der Waals surface area contributed by atoms with Crippen LogP contribution in [0.5, 0.6) is 0 Å². The van der Waals surface area contributed by atoms with Crippen molar-refractivity contribution in [1.29, 1.82) is 0 Å². The third-order valence-corrected chi connectivity index (χ3v) is 2.04.